The highest BCUT2D eigenvalue weighted by Gasteiger charge is 2.35. The summed E-state index contributed by atoms with van der Waals surface area (Å²) in [5.41, 5.74) is 7.05. The molecule has 1 aliphatic carbocycles. The fourth-order valence-electron chi connectivity index (χ4n) is 7.20. The van der Waals surface area contributed by atoms with Crippen LogP contribution in [0.2, 0.25) is 0 Å². The molecule has 3 aliphatic rings. The molecule has 1 aromatic carbocycles. The van der Waals surface area contributed by atoms with E-state index in [1.54, 1.807) is 4.31 Å². The van der Waals surface area contributed by atoms with E-state index in [9.17, 15) is 13.2 Å². The van der Waals surface area contributed by atoms with Crippen LogP contribution < -0.4 is 0 Å². The van der Waals surface area contributed by atoms with Crippen LogP contribution in [0.25, 0.3) is 0 Å². The molecule has 5 rings (SSSR count). The molecule has 226 valence electrons. The zero-order chi connectivity index (χ0) is 29.7. The van der Waals surface area contributed by atoms with Gasteiger partial charge in [-0.2, -0.15) is 4.31 Å². The Morgan fingerprint density at radius 1 is 0.976 bits per heavy atom. The lowest BCUT2D eigenvalue weighted by Crippen LogP contribution is -2.44. The minimum absolute atomic E-state index is 0.0382. The van der Waals surface area contributed by atoms with E-state index in [0.717, 1.165) is 88.4 Å². The molecule has 1 amide bonds. The Morgan fingerprint density at radius 2 is 1.74 bits per heavy atom. The van der Waals surface area contributed by atoms with Crippen LogP contribution in [0, 0.1) is 19.8 Å². The van der Waals surface area contributed by atoms with Gasteiger partial charge in [-0.25, -0.2) is 8.42 Å². The third-order valence-corrected chi connectivity index (χ3v) is 11.8. The number of nitrogens with zero attached hydrogens (tertiary/aromatic N) is 3. The number of aryl methyl sites for hydroxylation is 4. The van der Waals surface area contributed by atoms with Gasteiger partial charge in [-0.1, -0.05) is 43.2 Å². The Kier molecular flexibility index (Phi) is 10.00. The highest BCUT2D eigenvalue weighted by molar-refractivity contribution is 7.89. The van der Waals surface area contributed by atoms with Gasteiger partial charge in [0.25, 0.3) is 0 Å². The number of amides is 1. The zero-order valence-electron chi connectivity index (χ0n) is 25.6. The molecule has 3 heterocycles. The Balaban J connectivity index is 1.15. The van der Waals surface area contributed by atoms with Crippen molar-refractivity contribution in [3.8, 4) is 0 Å². The monoisotopic (exact) mass is 589 g/mol. The van der Waals surface area contributed by atoms with E-state index in [1.165, 1.54) is 22.3 Å². The molecule has 42 heavy (non-hydrogen) atoms. The standard InChI is InChI=1S/C35H47N3O3S/c1-4-28-22-26(2)35(27(3)23-28)42(40,41)38-20-6-5-8-33(38)9-7-10-34(39)37-21-17-31-24-30(13-14-32(31)25-37)12-11-29-15-18-36-19-16-29/h13-16,18-19,22-23,31,33H,4-12,17,20-21,24-25H2,1-3H3. The number of allylic oxidation sites excluding steroid dienone is 3. The van der Waals surface area contributed by atoms with Crippen LogP contribution in [0.4, 0.5) is 0 Å². The van der Waals surface area contributed by atoms with Gasteiger partial charge in [0, 0.05) is 44.5 Å². The number of pyridine rings is 1. The first-order valence-electron chi connectivity index (χ1n) is 15.9. The summed E-state index contributed by atoms with van der Waals surface area (Å²) in [4.78, 5) is 19.8. The maximum atomic E-state index is 13.9. The first-order chi connectivity index (χ1) is 20.3. The van der Waals surface area contributed by atoms with Crippen LogP contribution in [0.1, 0.15) is 87.0 Å². The molecule has 7 heteroatoms. The number of likely N-dealkylation sites (tertiary alicyclic amines) is 1. The number of aromatic nitrogens is 1. The molecule has 2 unspecified atom stereocenters. The second-order valence-corrected chi connectivity index (χ2v) is 14.3. The molecule has 1 aromatic heterocycles. The highest BCUT2D eigenvalue weighted by Crippen LogP contribution is 2.35. The van der Waals surface area contributed by atoms with Crippen molar-refractivity contribution in [2.24, 2.45) is 5.92 Å². The number of piperidine rings is 2. The van der Waals surface area contributed by atoms with Gasteiger partial charge in [0.2, 0.25) is 15.9 Å². The average Bonchev–Trinajstić information content (AvgIpc) is 2.99. The second-order valence-electron chi connectivity index (χ2n) is 12.5. The Labute approximate surface area is 253 Å². The quantitative estimate of drug-likeness (QED) is 0.309. The summed E-state index contributed by atoms with van der Waals surface area (Å²) in [7, 11) is -3.58. The largest absolute Gasteiger partial charge is 0.339 e. The van der Waals surface area contributed by atoms with E-state index in [-0.39, 0.29) is 11.9 Å². The number of hydrogen-bond donors (Lipinski definition) is 0. The molecule has 0 radical (unpaired) electrons. The Hall–Kier alpha value is -2.77. The minimum Gasteiger partial charge on any atom is -0.339 e. The lowest BCUT2D eigenvalue weighted by molar-refractivity contribution is -0.131. The van der Waals surface area contributed by atoms with Gasteiger partial charge in [0.1, 0.15) is 0 Å². The van der Waals surface area contributed by atoms with E-state index < -0.39 is 10.0 Å². The number of carbonyl (C=O) groups is 1. The second kappa shape index (κ2) is 13.7. The SMILES string of the molecule is CCc1cc(C)c(S(=O)(=O)N2CCCCC2CCCC(=O)N2CCC3CC(CCc4ccncc4)=CC=C3C2)c(C)c1. The number of hydrogen-bond acceptors (Lipinski definition) is 4. The van der Waals surface area contributed by atoms with Gasteiger partial charge in [-0.05, 0) is 118 Å². The molecule has 2 fully saturated rings. The smallest absolute Gasteiger partial charge is 0.243 e. The fourth-order valence-corrected chi connectivity index (χ4v) is 9.34. The van der Waals surface area contributed by atoms with Crippen LogP contribution in [0.3, 0.4) is 0 Å². The summed E-state index contributed by atoms with van der Waals surface area (Å²) in [5.74, 6) is 0.750. The molecule has 0 bridgehead atoms. The third kappa shape index (κ3) is 7.05. The zero-order valence-corrected chi connectivity index (χ0v) is 26.5. The van der Waals surface area contributed by atoms with Crippen molar-refractivity contribution < 1.29 is 13.2 Å². The summed E-state index contributed by atoms with van der Waals surface area (Å²) in [6.07, 6.45) is 18.1. The topological polar surface area (TPSA) is 70.6 Å². The maximum absolute atomic E-state index is 13.9. The van der Waals surface area contributed by atoms with Crippen LogP contribution in [-0.4, -0.2) is 54.2 Å². The van der Waals surface area contributed by atoms with Gasteiger partial charge < -0.3 is 4.90 Å². The highest BCUT2D eigenvalue weighted by atomic mass is 32.2. The van der Waals surface area contributed by atoms with Gasteiger partial charge >= 0.3 is 0 Å². The van der Waals surface area contributed by atoms with Gasteiger partial charge in [-0.15, -0.1) is 0 Å². The summed E-state index contributed by atoms with van der Waals surface area (Å²) in [6, 6.07) is 8.17. The fraction of sp³-hybridized carbons (Fsp3) is 0.543. The summed E-state index contributed by atoms with van der Waals surface area (Å²) >= 11 is 0. The third-order valence-electron chi connectivity index (χ3n) is 9.52. The van der Waals surface area contributed by atoms with E-state index in [0.29, 0.717) is 23.8 Å². The Bertz CT molecular complexity index is 1410. The molecule has 0 saturated carbocycles. The first kappa shape index (κ1) is 30.7. The molecule has 0 N–H and O–H groups in total. The van der Waals surface area contributed by atoms with Crippen molar-refractivity contribution in [1.82, 2.24) is 14.2 Å². The van der Waals surface area contributed by atoms with E-state index >= 15 is 0 Å². The Morgan fingerprint density at radius 3 is 2.48 bits per heavy atom. The number of carbonyl (C=O) groups excluding carboxylic acids is 1. The molecule has 0 spiro atoms. The van der Waals surface area contributed by atoms with Crippen molar-refractivity contribution in [2.75, 3.05) is 19.6 Å². The summed E-state index contributed by atoms with van der Waals surface area (Å²) in [5, 5.41) is 0. The normalized spacial score (nSPS) is 21.5. The maximum Gasteiger partial charge on any atom is 0.243 e. The van der Waals surface area contributed by atoms with E-state index in [2.05, 4.69) is 36.2 Å². The van der Waals surface area contributed by atoms with Crippen molar-refractivity contribution in [3.63, 3.8) is 0 Å². The lowest BCUT2D eigenvalue weighted by atomic mass is 9.80. The summed E-state index contributed by atoms with van der Waals surface area (Å²) < 4.78 is 29.5. The average molecular weight is 590 g/mol. The number of fused-ring (bicyclic) bond motifs is 1. The van der Waals surface area contributed by atoms with Crippen molar-refractivity contribution in [3.05, 3.63) is 82.2 Å². The van der Waals surface area contributed by atoms with Crippen molar-refractivity contribution in [2.45, 2.75) is 102 Å². The minimum atomic E-state index is -3.58. The molecular weight excluding hydrogens is 542 g/mol. The molecule has 2 saturated heterocycles. The molecular formula is C35H47N3O3S. The van der Waals surface area contributed by atoms with E-state index in [1.807, 2.05) is 43.3 Å². The van der Waals surface area contributed by atoms with Gasteiger partial charge in [-0.3, -0.25) is 9.78 Å². The molecule has 2 atom stereocenters. The van der Waals surface area contributed by atoms with Crippen molar-refractivity contribution >= 4 is 15.9 Å². The van der Waals surface area contributed by atoms with E-state index in [4.69, 9.17) is 0 Å². The number of rotatable bonds is 10. The molecule has 2 aromatic rings. The predicted molar refractivity (Wildman–Crippen MR) is 169 cm³/mol. The van der Waals surface area contributed by atoms with Crippen LogP contribution in [0.5, 0.6) is 0 Å². The van der Waals surface area contributed by atoms with Crippen LogP contribution in [0.15, 0.2) is 64.9 Å². The lowest BCUT2D eigenvalue weighted by Gasteiger charge is -2.37. The van der Waals surface area contributed by atoms with Crippen molar-refractivity contribution in [1.29, 1.82) is 0 Å². The van der Waals surface area contributed by atoms with Crippen LogP contribution >= 0.6 is 0 Å². The molecule has 2 aliphatic heterocycles. The van der Waals surface area contributed by atoms with Gasteiger partial charge in [0.15, 0.2) is 0 Å². The first-order valence-corrected chi connectivity index (χ1v) is 17.4. The van der Waals surface area contributed by atoms with Gasteiger partial charge in [0.05, 0.1) is 4.90 Å². The molecule has 6 nitrogen and oxygen atoms in total. The van der Waals surface area contributed by atoms with Crippen LogP contribution in [-0.2, 0) is 27.7 Å². The predicted octanol–water partition coefficient (Wildman–Crippen LogP) is 6.71. The summed E-state index contributed by atoms with van der Waals surface area (Å²) in [6.45, 7) is 8.04. The number of benzene rings is 1. The number of sulfonamides is 1.